The summed E-state index contributed by atoms with van der Waals surface area (Å²) >= 11 is 1.74. The quantitative estimate of drug-likeness (QED) is 0.778. The van der Waals surface area contributed by atoms with Crippen molar-refractivity contribution in [3.05, 3.63) is 46.9 Å². The standard InChI is InChI=1S/C15H18N4S/c1-3-6-12-9-16-15(20-12)17-10-13-11(2)18-14-7-4-5-8-19(13)14/h4-5,7-9H,3,6,10H2,1-2H3,(H,16,17). The molecule has 3 rings (SSSR count). The third-order valence-corrected chi connectivity index (χ3v) is 4.30. The van der Waals surface area contributed by atoms with E-state index in [4.69, 9.17) is 0 Å². The van der Waals surface area contributed by atoms with Crippen molar-refractivity contribution in [3.63, 3.8) is 0 Å². The van der Waals surface area contributed by atoms with Crippen LogP contribution in [0.1, 0.15) is 29.6 Å². The summed E-state index contributed by atoms with van der Waals surface area (Å²) in [6.45, 7) is 4.99. The van der Waals surface area contributed by atoms with Crippen molar-refractivity contribution in [2.45, 2.75) is 33.2 Å². The van der Waals surface area contributed by atoms with Gasteiger partial charge in [-0.2, -0.15) is 0 Å². The summed E-state index contributed by atoms with van der Waals surface area (Å²) < 4.78 is 2.13. The van der Waals surface area contributed by atoms with Crippen LogP contribution in [0.4, 0.5) is 5.13 Å². The monoisotopic (exact) mass is 286 g/mol. The molecule has 5 heteroatoms. The lowest BCUT2D eigenvalue weighted by Gasteiger charge is -2.04. The molecule has 0 aromatic carbocycles. The smallest absolute Gasteiger partial charge is 0.183 e. The Hall–Kier alpha value is -1.88. The van der Waals surface area contributed by atoms with Crippen molar-refractivity contribution in [1.29, 1.82) is 0 Å². The number of fused-ring (bicyclic) bond motifs is 1. The van der Waals surface area contributed by atoms with Crippen LogP contribution >= 0.6 is 11.3 Å². The molecule has 0 aliphatic rings. The highest BCUT2D eigenvalue weighted by Crippen LogP contribution is 2.21. The van der Waals surface area contributed by atoms with Crippen molar-refractivity contribution in [2.24, 2.45) is 0 Å². The highest BCUT2D eigenvalue weighted by atomic mass is 32.1. The molecule has 0 saturated heterocycles. The molecule has 0 fully saturated rings. The Morgan fingerprint density at radius 1 is 1.35 bits per heavy atom. The van der Waals surface area contributed by atoms with E-state index in [1.54, 1.807) is 11.3 Å². The Labute approximate surface area is 122 Å². The Balaban J connectivity index is 1.77. The summed E-state index contributed by atoms with van der Waals surface area (Å²) in [4.78, 5) is 10.3. The first-order chi connectivity index (χ1) is 9.78. The van der Waals surface area contributed by atoms with E-state index in [-0.39, 0.29) is 0 Å². The molecule has 0 aliphatic carbocycles. The topological polar surface area (TPSA) is 42.2 Å². The van der Waals surface area contributed by atoms with Crippen molar-refractivity contribution in [3.8, 4) is 0 Å². The largest absolute Gasteiger partial charge is 0.356 e. The van der Waals surface area contributed by atoms with Gasteiger partial charge in [0, 0.05) is 17.3 Å². The molecule has 0 spiro atoms. The van der Waals surface area contributed by atoms with Gasteiger partial charge in [-0.3, -0.25) is 0 Å². The Bertz CT molecular complexity index is 714. The number of rotatable bonds is 5. The van der Waals surface area contributed by atoms with E-state index in [2.05, 4.69) is 32.8 Å². The van der Waals surface area contributed by atoms with Gasteiger partial charge >= 0.3 is 0 Å². The summed E-state index contributed by atoms with van der Waals surface area (Å²) in [6, 6.07) is 6.07. The maximum absolute atomic E-state index is 4.57. The summed E-state index contributed by atoms with van der Waals surface area (Å²) in [6.07, 6.45) is 6.29. The van der Waals surface area contributed by atoms with Crippen LogP contribution < -0.4 is 5.32 Å². The fraction of sp³-hybridized carbons (Fsp3) is 0.333. The summed E-state index contributed by atoms with van der Waals surface area (Å²) in [5.74, 6) is 0. The predicted molar refractivity (Wildman–Crippen MR) is 83.4 cm³/mol. The van der Waals surface area contributed by atoms with Crippen molar-refractivity contribution < 1.29 is 0 Å². The van der Waals surface area contributed by atoms with Gasteiger partial charge in [0.25, 0.3) is 0 Å². The van der Waals surface area contributed by atoms with Gasteiger partial charge in [-0.1, -0.05) is 19.4 Å². The fourth-order valence-electron chi connectivity index (χ4n) is 2.29. The average Bonchev–Trinajstić information content (AvgIpc) is 3.01. The van der Waals surface area contributed by atoms with Crippen LogP contribution in [-0.4, -0.2) is 14.4 Å². The second kappa shape index (κ2) is 5.63. The van der Waals surface area contributed by atoms with Crippen LogP contribution in [0.25, 0.3) is 5.65 Å². The first kappa shape index (κ1) is 13.1. The second-order valence-corrected chi connectivity index (χ2v) is 5.92. The molecule has 0 amide bonds. The lowest BCUT2D eigenvalue weighted by atomic mass is 10.3. The number of hydrogen-bond acceptors (Lipinski definition) is 4. The van der Waals surface area contributed by atoms with Crippen molar-refractivity contribution in [1.82, 2.24) is 14.4 Å². The molecule has 3 heterocycles. The lowest BCUT2D eigenvalue weighted by molar-refractivity contribution is 0.936. The molecular formula is C15H18N4S. The number of pyridine rings is 1. The van der Waals surface area contributed by atoms with Gasteiger partial charge in [0.1, 0.15) is 5.65 Å². The molecule has 20 heavy (non-hydrogen) atoms. The van der Waals surface area contributed by atoms with Crippen molar-refractivity contribution in [2.75, 3.05) is 5.32 Å². The minimum Gasteiger partial charge on any atom is -0.356 e. The van der Waals surface area contributed by atoms with E-state index < -0.39 is 0 Å². The Morgan fingerprint density at radius 3 is 3.10 bits per heavy atom. The minimum atomic E-state index is 0.746. The molecule has 3 aromatic heterocycles. The van der Waals surface area contributed by atoms with Gasteiger partial charge in [-0.25, -0.2) is 9.97 Å². The first-order valence-electron chi connectivity index (χ1n) is 6.89. The van der Waals surface area contributed by atoms with E-state index >= 15 is 0 Å². The fourth-order valence-corrected chi connectivity index (χ4v) is 3.20. The number of aromatic nitrogens is 3. The van der Waals surface area contributed by atoms with Gasteiger partial charge in [-0.05, 0) is 25.5 Å². The molecule has 1 N–H and O–H groups in total. The van der Waals surface area contributed by atoms with Gasteiger partial charge in [-0.15, -0.1) is 11.3 Å². The van der Waals surface area contributed by atoms with Crippen LogP contribution in [-0.2, 0) is 13.0 Å². The molecule has 0 atom stereocenters. The van der Waals surface area contributed by atoms with Gasteiger partial charge < -0.3 is 9.72 Å². The molecule has 104 valence electrons. The maximum Gasteiger partial charge on any atom is 0.183 e. The van der Waals surface area contributed by atoms with Crippen LogP contribution in [0.15, 0.2) is 30.6 Å². The highest BCUT2D eigenvalue weighted by molar-refractivity contribution is 7.15. The average molecular weight is 286 g/mol. The molecule has 0 unspecified atom stereocenters. The molecule has 0 aliphatic heterocycles. The summed E-state index contributed by atoms with van der Waals surface area (Å²) in [7, 11) is 0. The van der Waals surface area contributed by atoms with Crippen molar-refractivity contribution >= 4 is 22.1 Å². The maximum atomic E-state index is 4.57. The van der Waals surface area contributed by atoms with E-state index in [0.717, 1.165) is 35.9 Å². The molecule has 0 saturated carbocycles. The first-order valence-corrected chi connectivity index (χ1v) is 7.70. The number of imidazole rings is 1. The molecular weight excluding hydrogens is 268 g/mol. The third-order valence-electron chi connectivity index (χ3n) is 3.29. The second-order valence-electron chi connectivity index (χ2n) is 4.81. The number of hydrogen-bond donors (Lipinski definition) is 1. The van der Waals surface area contributed by atoms with Gasteiger partial charge in [0.2, 0.25) is 0 Å². The van der Waals surface area contributed by atoms with E-state index in [1.165, 1.54) is 10.6 Å². The van der Waals surface area contributed by atoms with Crippen LogP contribution in [0.3, 0.4) is 0 Å². The number of anilines is 1. The molecule has 0 bridgehead atoms. The Morgan fingerprint density at radius 2 is 2.25 bits per heavy atom. The zero-order valence-corrected chi connectivity index (χ0v) is 12.6. The Kier molecular flexibility index (Phi) is 3.69. The van der Waals surface area contributed by atoms with Crippen LogP contribution in [0, 0.1) is 6.92 Å². The minimum absolute atomic E-state index is 0.746. The van der Waals surface area contributed by atoms with E-state index in [9.17, 15) is 0 Å². The van der Waals surface area contributed by atoms with Crippen LogP contribution in [0.5, 0.6) is 0 Å². The number of aryl methyl sites for hydroxylation is 2. The normalized spacial score (nSPS) is 11.1. The third kappa shape index (κ3) is 2.54. The van der Waals surface area contributed by atoms with Gasteiger partial charge in [0.15, 0.2) is 5.13 Å². The predicted octanol–water partition coefficient (Wildman–Crippen LogP) is 3.66. The molecule has 4 nitrogen and oxygen atoms in total. The number of nitrogens with one attached hydrogen (secondary N) is 1. The zero-order valence-electron chi connectivity index (χ0n) is 11.8. The van der Waals surface area contributed by atoms with E-state index in [0.29, 0.717) is 0 Å². The molecule has 0 radical (unpaired) electrons. The number of nitrogens with zero attached hydrogens (tertiary/aromatic N) is 3. The van der Waals surface area contributed by atoms with Crippen LogP contribution in [0.2, 0.25) is 0 Å². The molecule has 3 aromatic rings. The zero-order chi connectivity index (χ0) is 13.9. The van der Waals surface area contributed by atoms with Gasteiger partial charge in [0.05, 0.1) is 17.9 Å². The summed E-state index contributed by atoms with van der Waals surface area (Å²) in [5, 5.41) is 4.39. The SMILES string of the molecule is CCCc1cnc(NCc2c(C)nc3ccccn23)s1. The van der Waals surface area contributed by atoms with E-state index in [1.807, 2.05) is 31.3 Å². The summed E-state index contributed by atoms with van der Waals surface area (Å²) in [5.41, 5.74) is 3.24. The lowest BCUT2D eigenvalue weighted by Crippen LogP contribution is -2.03. The number of thiazole rings is 1. The highest BCUT2D eigenvalue weighted by Gasteiger charge is 2.08.